The van der Waals surface area contributed by atoms with Crippen LogP contribution in [0, 0.1) is 5.92 Å². The second-order valence-electron chi connectivity index (χ2n) is 3.68. The number of rotatable bonds is 6. The number of aromatic amines is 1. The highest BCUT2D eigenvalue weighted by molar-refractivity contribution is 4.80. The molecule has 0 aliphatic heterocycles. The Bertz CT molecular complexity index is 228. The molecule has 13 heavy (non-hydrogen) atoms. The van der Waals surface area contributed by atoms with Crippen LogP contribution in [0.3, 0.4) is 0 Å². The molecule has 72 valence electrons. The lowest BCUT2D eigenvalue weighted by molar-refractivity contribution is 0.607. The van der Waals surface area contributed by atoms with Crippen LogP contribution in [0.4, 0.5) is 0 Å². The standard InChI is InChI=1S/C9H16N4/c1(2-9-11-7-12-13-9)5-10-6-8-3-4-8/h7-8,10H,1-6H2,(H,11,12,13). The summed E-state index contributed by atoms with van der Waals surface area (Å²) in [7, 11) is 0. The molecule has 0 saturated heterocycles. The van der Waals surface area contributed by atoms with Crippen molar-refractivity contribution in [3.8, 4) is 0 Å². The summed E-state index contributed by atoms with van der Waals surface area (Å²) in [5.74, 6) is 1.97. The van der Waals surface area contributed by atoms with E-state index in [9.17, 15) is 0 Å². The highest BCUT2D eigenvalue weighted by Crippen LogP contribution is 2.27. The molecule has 0 amide bonds. The minimum atomic E-state index is 0.977. The number of nitrogens with zero attached hydrogens (tertiary/aromatic N) is 2. The van der Waals surface area contributed by atoms with Crippen LogP contribution < -0.4 is 5.32 Å². The van der Waals surface area contributed by atoms with E-state index in [1.807, 2.05) is 0 Å². The first-order valence-electron chi connectivity index (χ1n) is 5.00. The van der Waals surface area contributed by atoms with Gasteiger partial charge in [0.15, 0.2) is 0 Å². The van der Waals surface area contributed by atoms with E-state index in [4.69, 9.17) is 0 Å². The maximum atomic E-state index is 4.07. The Labute approximate surface area is 78.1 Å². The molecule has 1 aliphatic carbocycles. The quantitative estimate of drug-likeness (QED) is 0.635. The summed E-state index contributed by atoms with van der Waals surface area (Å²) in [5.41, 5.74) is 0. The average molecular weight is 180 g/mol. The summed E-state index contributed by atoms with van der Waals surface area (Å²) >= 11 is 0. The van der Waals surface area contributed by atoms with Crippen LogP contribution in [0.5, 0.6) is 0 Å². The van der Waals surface area contributed by atoms with E-state index in [1.165, 1.54) is 19.4 Å². The van der Waals surface area contributed by atoms with E-state index in [0.717, 1.165) is 31.1 Å². The van der Waals surface area contributed by atoms with Gasteiger partial charge in [0.1, 0.15) is 12.2 Å². The molecule has 4 nitrogen and oxygen atoms in total. The molecule has 1 heterocycles. The average Bonchev–Trinajstić information content (AvgIpc) is 2.81. The molecule has 1 fully saturated rings. The van der Waals surface area contributed by atoms with Gasteiger partial charge in [0.05, 0.1) is 0 Å². The van der Waals surface area contributed by atoms with Gasteiger partial charge in [0.2, 0.25) is 0 Å². The Balaban J connectivity index is 1.48. The Morgan fingerprint density at radius 2 is 2.46 bits per heavy atom. The maximum Gasteiger partial charge on any atom is 0.137 e. The highest BCUT2D eigenvalue weighted by Gasteiger charge is 2.19. The monoisotopic (exact) mass is 180 g/mol. The molecule has 0 unspecified atom stereocenters. The van der Waals surface area contributed by atoms with Gasteiger partial charge in [0.25, 0.3) is 0 Å². The SMILES string of the molecule is c1n[nH]c(CCCNCC2CC2)n1. The van der Waals surface area contributed by atoms with Gasteiger partial charge in [-0.2, -0.15) is 5.10 Å². The zero-order valence-electron chi connectivity index (χ0n) is 7.79. The fourth-order valence-corrected chi connectivity index (χ4v) is 1.36. The molecule has 1 aliphatic rings. The van der Waals surface area contributed by atoms with Gasteiger partial charge in [-0.3, -0.25) is 5.10 Å². The van der Waals surface area contributed by atoms with Gasteiger partial charge in [0, 0.05) is 6.42 Å². The normalized spacial score (nSPS) is 16.3. The van der Waals surface area contributed by atoms with Crippen molar-refractivity contribution in [2.24, 2.45) is 5.92 Å². The largest absolute Gasteiger partial charge is 0.316 e. The lowest BCUT2D eigenvalue weighted by Gasteiger charge is -2.01. The van der Waals surface area contributed by atoms with Crippen LogP contribution >= 0.6 is 0 Å². The van der Waals surface area contributed by atoms with Crippen molar-refractivity contribution < 1.29 is 0 Å². The van der Waals surface area contributed by atoms with Crippen LogP contribution in [0.25, 0.3) is 0 Å². The minimum absolute atomic E-state index is 0.977. The highest BCUT2D eigenvalue weighted by atomic mass is 15.2. The van der Waals surface area contributed by atoms with Gasteiger partial charge in [-0.1, -0.05) is 0 Å². The second-order valence-corrected chi connectivity index (χ2v) is 3.68. The fourth-order valence-electron chi connectivity index (χ4n) is 1.36. The van der Waals surface area contributed by atoms with Crippen molar-refractivity contribution in [2.75, 3.05) is 13.1 Å². The third-order valence-corrected chi connectivity index (χ3v) is 2.36. The topological polar surface area (TPSA) is 53.6 Å². The molecular weight excluding hydrogens is 164 g/mol. The summed E-state index contributed by atoms with van der Waals surface area (Å²) < 4.78 is 0. The lowest BCUT2D eigenvalue weighted by Crippen LogP contribution is -2.18. The summed E-state index contributed by atoms with van der Waals surface area (Å²) in [6, 6.07) is 0. The third-order valence-electron chi connectivity index (χ3n) is 2.36. The van der Waals surface area contributed by atoms with Crippen molar-refractivity contribution in [3.63, 3.8) is 0 Å². The van der Waals surface area contributed by atoms with E-state index >= 15 is 0 Å². The van der Waals surface area contributed by atoms with Gasteiger partial charge >= 0.3 is 0 Å². The smallest absolute Gasteiger partial charge is 0.137 e. The number of hydrogen-bond acceptors (Lipinski definition) is 3. The summed E-state index contributed by atoms with van der Waals surface area (Å²) in [6.45, 7) is 2.30. The molecule has 0 aromatic carbocycles. The first kappa shape index (κ1) is 8.69. The molecule has 0 atom stereocenters. The van der Waals surface area contributed by atoms with Gasteiger partial charge in [-0.25, -0.2) is 4.98 Å². The van der Waals surface area contributed by atoms with Crippen LogP contribution in [-0.2, 0) is 6.42 Å². The van der Waals surface area contributed by atoms with E-state index in [1.54, 1.807) is 6.33 Å². The maximum absolute atomic E-state index is 4.07. The summed E-state index contributed by atoms with van der Waals surface area (Å²) in [6.07, 6.45) is 6.55. The third kappa shape index (κ3) is 3.14. The molecule has 0 radical (unpaired) electrons. The van der Waals surface area contributed by atoms with E-state index in [-0.39, 0.29) is 0 Å². The van der Waals surface area contributed by atoms with Gasteiger partial charge < -0.3 is 5.32 Å². The zero-order valence-corrected chi connectivity index (χ0v) is 7.79. The van der Waals surface area contributed by atoms with Crippen molar-refractivity contribution in [1.82, 2.24) is 20.5 Å². The number of aromatic nitrogens is 3. The van der Waals surface area contributed by atoms with E-state index in [2.05, 4.69) is 20.5 Å². The van der Waals surface area contributed by atoms with Crippen LogP contribution in [-0.4, -0.2) is 28.3 Å². The molecule has 1 aromatic rings. The van der Waals surface area contributed by atoms with Crippen LogP contribution in [0.2, 0.25) is 0 Å². The van der Waals surface area contributed by atoms with Crippen LogP contribution in [0.1, 0.15) is 25.1 Å². The second kappa shape index (κ2) is 4.37. The minimum Gasteiger partial charge on any atom is -0.316 e. The Morgan fingerprint density at radius 1 is 1.54 bits per heavy atom. The fraction of sp³-hybridized carbons (Fsp3) is 0.778. The van der Waals surface area contributed by atoms with Gasteiger partial charge in [-0.15, -0.1) is 0 Å². The predicted octanol–water partition coefficient (Wildman–Crippen LogP) is 0.737. The van der Waals surface area contributed by atoms with E-state index < -0.39 is 0 Å². The Morgan fingerprint density at radius 3 is 3.15 bits per heavy atom. The van der Waals surface area contributed by atoms with Crippen molar-refractivity contribution in [3.05, 3.63) is 12.2 Å². The van der Waals surface area contributed by atoms with Crippen molar-refractivity contribution in [2.45, 2.75) is 25.7 Å². The predicted molar refractivity (Wildman–Crippen MR) is 50.3 cm³/mol. The molecule has 1 saturated carbocycles. The number of nitrogens with one attached hydrogen (secondary N) is 2. The van der Waals surface area contributed by atoms with Crippen LogP contribution in [0.15, 0.2) is 6.33 Å². The molecular formula is C9H16N4. The van der Waals surface area contributed by atoms with E-state index in [0.29, 0.717) is 0 Å². The molecule has 2 N–H and O–H groups in total. The number of aryl methyl sites for hydroxylation is 1. The zero-order chi connectivity index (χ0) is 8.93. The molecule has 0 bridgehead atoms. The molecule has 2 rings (SSSR count). The summed E-state index contributed by atoms with van der Waals surface area (Å²) in [5, 5.41) is 10.1. The van der Waals surface area contributed by atoms with Gasteiger partial charge in [-0.05, 0) is 38.3 Å². The van der Waals surface area contributed by atoms with Crippen molar-refractivity contribution >= 4 is 0 Å². The van der Waals surface area contributed by atoms with Crippen molar-refractivity contribution in [1.29, 1.82) is 0 Å². The summed E-state index contributed by atoms with van der Waals surface area (Å²) in [4.78, 5) is 4.07. The molecule has 0 spiro atoms. The first-order valence-corrected chi connectivity index (χ1v) is 5.00. The molecule has 4 heteroatoms. The first-order chi connectivity index (χ1) is 6.45. The number of H-pyrrole nitrogens is 1. The molecule has 1 aromatic heterocycles. The Hall–Kier alpha value is -0.900. The lowest BCUT2D eigenvalue weighted by atomic mass is 10.3. The number of hydrogen-bond donors (Lipinski definition) is 2. The Kier molecular flexibility index (Phi) is 2.92.